The van der Waals surface area contributed by atoms with Gasteiger partial charge in [-0.2, -0.15) is 5.10 Å². The lowest BCUT2D eigenvalue weighted by Gasteiger charge is -2.20. The Bertz CT molecular complexity index is 360. The molecule has 16 heavy (non-hydrogen) atoms. The van der Waals surface area contributed by atoms with E-state index in [1.54, 1.807) is 24.5 Å². The zero-order chi connectivity index (χ0) is 11.8. The van der Waals surface area contributed by atoms with Crippen molar-refractivity contribution in [3.05, 3.63) is 24.5 Å². The van der Waals surface area contributed by atoms with Crippen LogP contribution in [-0.4, -0.2) is 34.8 Å². The van der Waals surface area contributed by atoms with Gasteiger partial charge in [0, 0.05) is 38.1 Å². The molecule has 0 aromatic carbocycles. The van der Waals surface area contributed by atoms with Crippen LogP contribution in [-0.2, 0) is 0 Å². The number of likely N-dealkylation sites (N-methyl/N-ethyl adjacent to an activating group) is 1. The molecule has 0 aliphatic heterocycles. The Morgan fingerprint density at radius 2 is 2.25 bits per heavy atom. The molecule has 1 heterocycles. The minimum absolute atomic E-state index is 0.453. The predicted octanol–water partition coefficient (Wildman–Crippen LogP) is 0.296. The molecule has 0 aliphatic rings. The van der Waals surface area contributed by atoms with E-state index in [0.717, 1.165) is 18.9 Å². The van der Waals surface area contributed by atoms with E-state index in [1.165, 1.54) is 0 Å². The van der Waals surface area contributed by atoms with E-state index in [9.17, 15) is 0 Å². The van der Waals surface area contributed by atoms with Crippen LogP contribution in [0.3, 0.4) is 0 Å². The van der Waals surface area contributed by atoms with Crippen molar-refractivity contribution in [3.63, 3.8) is 0 Å². The first-order valence-corrected chi connectivity index (χ1v) is 5.22. The first-order chi connectivity index (χ1) is 7.77. The molecule has 5 N–H and O–H groups in total. The molecule has 1 rings (SSSR count). The third kappa shape index (κ3) is 3.74. The van der Waals surface area contributed by atoms with E-state index < -0.39 is 0 Å². The van der Waals surface area contributed by atoms with Crippen LogP contribution in [0.15, 0.2) is 24.5 Å². The van der Waals surface area contributed by atoms with Gasteiger partial charge in [0.25, 0.3) is 0 Å². The number of nitrogens with zero attached hydrogens (tertiary/aromatic N) is 3. The highest BCUT2D eigenvalue weighted by Gasteiger charge is 2.02. The third-order valence-corrected chi connectivity index (χ3v) is 2.04. The summed E-state index contributed by atoms with van der Waals surface area (Å²) in [6.45, 7) is 4.19. The smallest absolute Gasteiger partial charge is 0.132 e. The summed E-state index contributed by atoms with van der Waals surface area (Å²) >= 11 is 0. The summed E-state index contributed by atoms with van der Waals surface area (Å²) in [5.74, 6) is 1.23. The number of H-pyrrole nitrogens is 1. The molecule has 6 nitrogen and oxygen atoms in total. The fourth-order valence-electron chi connectivity index (χ4n) is 1.28. The van der Waals surface area contributed by atoms with Crippen LogP contribution in [0.4, 0.5) is 11.6 Å². The van der Waals surface area contributed by atoms with Gasteiger partial charge in [-0.15, -0.1) is 0 Å². The lowest BCUT2D eigenvalue weighted by atomic mass is 10.4. The van der Waals surface area contributed by atoms with Crippen LogP contribution >= 0.6 is 0 Å². The number of aromatic amines is 1. The molecule has 6 heteroatoms. The molecule has 88 valence electrons. The van der Waals surface area contributed by atoms with Gasteiger partial charge in [-0.1, -0.05) is 0 Å². The Kier molecular flexibility index (Phi) is 5.07. The van der Waals surface area contributed by atoms with Crippen LogP contribution in [0.5, 0.6) is 0 Å². The second-order valence-electron chi connectivity index (χ2n) is 3.19. The Labute approximate surface area is 95.0 Å². The molecule has 0 aliphatic carbocycles. The molecule has 0 spiro atoms. The van der Waals surface area contributed by atoms with E-state index in [2.05, 4.69) is 15.2 Å². The quantitative estimate of drug-likeness (QED) is 0.680. The number of aromatic nitrogens is 3. The summed E-state index contributed by atoms with van der Waals surface area (Å²) in [5.41, 5.74) is 11.3. The zero-order valence-electron chi connectivity index (χ0n) is 9.43. The number of rotatable bonds is 4. The second-order valence-corrected chi connectivity index (χ2v) is 3.19. The van der Waals surface area contributed by atoms with Gasteiger partial charge in [0.05, 0.1) is 0 Å². The molecule has 0 atom stereocenters. The van der Waals surface area contributed by atoms with Crippen LogP contribution in [0.25, 0.3) is 0 Å². The first kappa shape index (κ1) is 12.3. The Morgan fingerprint density at radius 1 is 1.44 bits per heavy atom. The molecular formula is C10H18N6. The molecule has 0 radical (unpaired) electrons. The minimum Gasteiger partial charge on any atom is -0.384 e. The van der Waals surface area contributed by atoms with Gasteiger partial charge >= 0.3 is 0 Å². The third-order valence-electron chi connectivity index (χ3n) is 2.04. The normalized spacial score (nSPS) is 9.62. The van der Waals surface area contributed by atoms with Crippen molar-refractivity contribution in [2.75, 3.05) is 30.3 Å². The summed E-state index contributed by atoms with van der Waals surface area (Å²) in [6.07, 6.45) is 3.27. The minimum atomic E-state index is 0.453. The van der Waals surface area contributed by atoms with Gasteiger partial charge in [0.1, 0.15) is 11.6 Å². The highest BCUT2D eigenvalue weighted by molar-refractivity contribution is 5.44. The van der Waals surface area contributed by atoms with Crippen molar-refractivity contribution < 1.29 is 0 Å². The van der Waals surface area contributed by atoms with Gasteiger partial charge in [0.2, 0.25) is 0 Å². The van der Waals surface area contributed by atoms with Crippen molar-refractivity contribution in [2.45, 2.75) is 6.92 Å². The monoisotopic (exact) mass is 222 g/mol. The van der Waals surface area contributed by atoms with Crippen molar-refractivity contribution in [2.24, 2.45) is 5.73 Å². The molecule has 0 saturated carbocycles. The van der Waals surface area contributed by atoms with E-state index in [4.69, 9.17) is 11.5 Å². The van der Waals surface area contributed by atoms with Gasteiger partial charge in [-0.05, 0) is 13.0 Å². The second kappa shape index (κ2) is 6.62. The fraction of sp³-hybridized carbons (Fsp3) is 0.400. The number of hydrogen-bond acceptors (Lipinski definition) is 5. The maximum absolute atomic E-state index is 5.72. The van der Waals surface area contributed by atoms with Crippen molar-refractivity contribution >= 4 is 11.6 Å². The van der Waals surface area contributed by atoms with E-state index in [1.807, 2.05) is 11.8 Å². The Morgan fingerprint density at radius 3 is 2.94 bits per heavy atom. The molecule has 0 saturated heterocycles. The summed E-state index contributed by atoms with van der Waals surface area (Å²) < 4.78 is 0. The van der Waals surface area contributed by atoms with Crippen LogP contribution < -0.4 is 16.4 Å². The standard InChI is InChI=1S/C10H18N6/c1-2-16(7-4-11)10-8-9(12)15-14-6-3-5-13-10/h3,5-6,8,15H,2,4,7,11-12H2,1H3. The lowest BCUT2D eigenvalue weighted by Crippen LogP contribution is -2.29. The van der Waals surface area contributed by atoms with Gasteiger partial charge in [0.15, 0.2) is 0 Å². The van der Waals surface area contributed by atoms with Gasteiger partial charge < -0.3 is 16.4 Å². The molecular weight excluding hydrogens is 204 g/mol. The highest BCUT2D eigenvalue weighted by atomic mass is 15.2. The maximum Gasteiger partial charge on any atom is 0.132 e. The molecule has 0 amide bonds. The van der Waals surface area contributed by atoms with E-state index >= 15 is 0 Å². The number of nitrogen functional groups attached to an aromatic ring is 1. The lowest BCUT2D eigenvalue weighted by molar-refractivity contribution is 0.803. The first-order valence-electron chi connectivity index (χ1n) is 5.22. The SMILES string of the molecule is CCN(CCN)c1cc(N)[nH]ncccn1. The number of nitrogens with two attached hydrogens (primary N) is 2. The number of hydrogen-bond donors (Lipinski definition) is 3. The molecule has 1 aromatic rings. The largest absolute Gasteiger partial charge is 0.384 e. The summed E-state index contributed by atoms with van der Waals surface area (Å²) in [6, 6.07) is 3.47. The van der Waals surface area contributed by atoms with E-state index in [0.29, 0.717) is 12.4 Å². The summed E-state index contributed by atoms with van der Waals surface area (Å²) in [4.78, 5) is 6.35. The van der Waals surface area contributed by atoms with Crippen LogP contribution in [0.1, 0.15) is 6.92 Å². The topological polar surface area (TPSA) is 96.8 Å². The van der Waals surface area contributed by atoms with Crippen molar-refractivity contribution in [3.8, 4) is 0 Å². The average molecular weight is 222 g/mol. The van der Waals surface area contributed by atoms with Crippen LogP contribution in [0.2, 0.25) is 0 Å². The molecule has 0 unspecified atom stereocenters. The van der Waals surface area contributed by atoms with Crippen molar-refractivity contribution in [1.82, 2.24) is 15.2 Å². The number of anilines is 2. The summed E-state index contributed by atoms with van der Waals surface area (Å²) in [7, 11) is 0. The Balaban J connectivity index is 3.11. The average Bonchev–Trinajstić information content (AvgIpc) is 2.38. The highest BCUT2D eigenvalue weighted by Crippen LogP contribution is 2.08. The van der Waals surface area contributed by atoms with E-state index in [-0.39, 0.29) is 0 Å². The predicted molar refractivity (Wildman–Crippen MR) is 65.4 cm³/mol. The van der Waals surface area contributed by atoms with Gasteiger partial charge in [-0.3, -0.25) is 5.10 Å². The maximum atomic E-state index is 5.72. The van der Waals surface area contributed by atoms with Gasteiger partial charge in [-0.25, -0.2) is 4.98 Å². The Hall–Kier alpha value is -1.82. The van der Waals surface area contributed by atoms with Crippen LogP contribution in [0, 0.1) is 0 Å². The summed E-state index contributed by atoms with van der Waals surface area (Å²) in [5, 5.41) is 6.56. The van der Waals surface area contributed by atoms with Crippen molar-refractivity contribution in [1.29, 1.82) is 0 Å². The molecule has 0 bridgehead atoms. The fourth-order valence-corrected chi connectivity index (χ4v) is 1.28. The molecule has 1 aromatic heterocycles. The zero-order valence-corrected chi connectivity index (χ0v) is 9.43. The number of nitrogens with one attached hydrogen (secondary N) is 1. The molecule has 0 fully saturated rings.